The Hall–Kier alpha value is -2.88. The lowest BCUT2D eigenvalue weighted by molar-refractivity contribution is 0.626. The van der Waals surface area contributed by atoms with Crippen molar-refractivity contribution in [2.45, 2.75) is 9.79 Å². The Bertz CT molecular complexity index is 1220. The summed E-state index contributed by atoms with van der Waals surface area (Å²) in [4.78, 5) is 13.0. The van der Waals surface area contributed by atoms with E-state index in [0.29, 0.717) is 5.70 Å². The van der Waals surface area contributed by atoms with Crippen molar-refractivity contribution < 1.29 is 4.39 Å². The molecule has 0 aliphatic rings. The number of fused-ring (bicyclic) bond motifs is 1. The van der Waals surface area contributed by atoms with E-state index in [-0.39, 0.29) is 5.82 Å². The molecule has 0 saturated heterocycles. The standard InChI is InChI=1S/C22H13BrFN3S/c1-25-21(19-13-27-20-7-2-15(23)11-18(19)20)10-14-12-26-9-8-22(14)28-17-5-3-16(24)4-6-17/h2-13,27H/b21-10-. The number of aromatic nitrogens is 2. The van der Waals surface area contributed by atoms with Crippen LogP contribution in [0.3, 0.4) is 0 Å². The first kappa shape index (κ1) is 18.5. The van der Waals surface area contributed by atoms with Gasteiger partial charge in [-0.15, -0.1) is 0 Å². The summed E-state index contributed by atoms with van der Waals surface area (Å²) in [6, 6.07) is 14.2. The fraction of sp³-hybridized carbons (Fsp3) is 0. The molecule has 136 valence electrons. The zero-order chi connectivity index (χ0) is 19.5. The summed E-state index contributed by atoms with van der Waals surface area (Å²) in [6.45, 7) is 7.69. The number of nitrogens with zero attached hydrogens (tertiary/aromatic N) is 2. The van der Waals surface area contributed by atoms with E-state index in [0.717, 1.165) is 36.3 Å². The fourth-order valence-corrected chi connectivity index (χ4v) is 4.09. The Morgan fingerprint density at radius 3 is 2.79 bits per heavy atom. The van der Waals surface area contributed by atoms with Gasteiger partial charge in [0, 0.05) is 37.7 Å². The van der Waals surface area contributed by atoms with Crippen LogP contribution >= 0.6 is 27.7 Å². The van der Waals surface area contributed by atoms with Gasteiger partial charge in [0.05, 0.1) is 6.57 Å². The second kappa shape index (κ2) is 8.01. The minimum absolute atomic E-state index is 0.264. The predicted octanol–water partition coefficient (Wildman–Crippen LogP) is 7.03. The topological polar surface area (TPSA) is 33.0 Å². The molecular weight excluding hydrogens is 437 g/mol. The summed E-state index contributed by atoms with van der Waals surface area (Å²) in [7, 11) is 0. The molecule has 4 aromatic rings. The normalized spacial score (nSPS) is 11.5. The molecule has 0 fully saturated rings. The van der Waals surface area contributed by atoms with Crippen LogP contribution in [-0.2, 0) is 0 Å². The SMILES string of the molecule is [C-]#[N+]/C(=C\c1cnccc1Sc1ccc(F)cc1)c1c[nH]c2ccc(Br)cc12. The highest BCUT2D eigenvalue weighted by molar-refractivity contribution is 9.10. The zero-order valence-electron chi connectivity index (χ0n) is 14.5. The molecule has 0 aliphatic heterocycles. The van der Waals surface area contributed by atoms with Crippen LogP contribution in [0.2, 0.25) is 0 Å². The first-order chi connectivity index (χ1) is 13.6. The van der Waals surface area contributed by atoms with Gasteiger partial charge in [0.1, 0.15) is 5.82 Å². The molecule has 0 amide bonds. The maximum atomic E-state index is 13.2. The van der Waals surface area contributed by atoms with Crippen molar-refractivity contribution in [3.63, 3.8) is 0 Å². The van der Waals surface area contributed by atoms with Gasteiger partial charge in [-0.1, -0.05) is 27.7 Å². The molecule has 6 heteroatoms. The smallest absolute Gasteiger partial charge is 0.197 e. The number of H-pyrrole nitrogens is 1. The lowest BCUT2D eigenvalue weighted by atomic mass is 10.1. The van der Waals surface area contributed by atoms with Crippen molar-refractivity contribution in [1.29, 1.82) is 0 Å². The van der Waals surface area contributed by atoms with Gasteiger partial charge in [-0.25, -0.2) is 9.24 Å². The van der Waals surface area contributed by atoms with Crippen LogP contribution in [0.5, 0.6) is 0 Å². The molecule has 3 nitrogen and oxygen atoms in total. The Kier molecular flexibility index (Phi) is 5.29. The van der Waals surface area contributed by atoms with Crippen LogP contribution in [0.1, 0.15) is 11.1 Å². The zero-order valence-corrected chi connectivity index (χ0v) is 16.9. The Balaban J connectivity index is 1.75. The minimum atomic E-state index is -0.264. The molecular formula is C22H13BrFN3S. The maximum Gasteiger partial charge on any atom is 0.197 e. The monoisotopic (exact) mass is 449 g/mol. The molecule has 0 spiro atoms. The van der Waals surface area contributed by atoms with E-state index in [1.165, 1.54) is 23.9 Å². The summed E-state index contributed by atoms with van der Waals surface area (Å²) >= 11 is 5.00. The number of rotatable bonds is 4. The lowest BCUT2D eigenvalue weighted by Gasteiger charge is -2.06. The van der Waals surface area contributed by atoms with Crippen molar-refractivity contribution in [2.24, 2.45) is 0 Å². The lowest BCUT2D eigenvalue weighted by Crippen LogP contribution is -1.85. The summed E-state index contributed by atoms with van der Waals surface area (Å²) in [5, 5.41) is 0.980. The van der Waals surface area contributed by atoms with Crippen LogP contribution in [0, 0.1) is 12.4 Å². The Labute approximate surface area is 174 Å². The van der Waals surface area contributed by atoms with Gasteiger partial charge < -0.3 is 4.98 Å². The average Bonchev–Trinajstić information content (AvgIpc) is 3.12. The number of aromatic amines is 1. The highest BCUT2D eigenvalue weighted by Crippen LogP contribution is 2.34. The van der Waals surface area contributed by atoms with E-state index < -0.39 is 0 Å². The molecule has 1 N–H and O–H groups in total. The van der Waals surface area contributed by atoms with Crippen molar-refractivity contribution in [2.75, 3.05) is 0 Å². The second-order valence-corrected chi connectivity index (χ2v) is 8.03. The molecule has 0 unspecified atom stereocenters. The Morgan fingerprint density at radius 1 is 1.18 bits per heavy atom. The third-order valence-corrected chi connectivity index (χ3v) is 5.78. The molecule has 2 aromatic heterocycles. The molecule has 0 radical (unpaired) electrons. The molecule has 0 bridgehead atoms. The van der Waals surface area contributed by atoms with Gasteiger partial charge in [-0.05, 0) is 71.8 Å². The summed E-state index contributed by atoms with van der Waals surface area (Å²) < 4.78 is 14.1. The third kappa shape index (κ3) is 3.86. The van der Waals surface area contributed by atoms with E-state index >= 15 is 0 Å². The van der Waals surface area contributed by atoms with Crippen molar-refractivity contribution in [1.82, 2.24) is 9.97 Å². The van der Waals surface area contributed by atoms with E-state index in [1.807, 2.05) is 36.5 Å². The van der Waals surface area contributed by atoms with Crippen LogP contribution < -0.4 is 0 Å². The minimum Gasteiger partial charge on any atom is -0.362 e. The van der Waals surface area contributed by atoms with E-state index in [9.17, 15) is 4.39 Å². The maximum absolute atomic E-state index is 13.2. The first-order valence-electron chi connectivity index (χ1n) is 8.37. The number of hydrogen-bond donors (Lipinski definition) is 1. The molecule has 0 saturated carbocycles. The summed E-state index contributed by atoms with van der Waals surface area (Å²) in [6.07, 6.45) is 7.14. The Morgan fingerprint density at radius 2 is 2.00 bits per heavy atom. The van der Waals surface area contributed by atoms with Crippen molar-refractivity contribution in [3.8, 4) is 0 Å². The van der Waals surface area contributed by atoms with Gasteiger partial charge in [0.2, 0.25) is 0 Å². The van der Waals surface area contributed by atoms with E-state index in [2.05, 4.69) is 30.7 Å². The van der Waals surface area contributed by atoms with E-state index in [1.54, 1.807) is 24.5 Å². The number of pyridine rings is 1. The van der Waals surface area contributed by atoms with Gasteiger partial charge in [-0.3, -0.25) is 4.98 Å². The highest BCUT2D eigenvalue weighted by atomic mass is 79.9. The van der Waals surface area contributed by atoms with Crippen molar-refractivity contribution >= 4 is 50.4 Å². The van der Waals surface area contributed by atoms with Crippen LogP contribution in [-0.4, -0.2) is 9.97 Å². The predicted molar refractivity (Wildman–Crippen MR) is 115 cm³/mol. The summed E-state index contributed by atoms with van der Waals surface area (Å²) in [5.41, 5.74) is 3.18. The largest absolute Gasteiger partial charge is 0.362 e. The quantitative estimate of drug-likeness (QED) is 0.339. The molecule has 2 heterocycles. The number of nitrogens with one attached hydrogen (secondary N) is 1. The number of hydrogen-bond acceptors (Lipinski definition) is 2. The fourth-order valence-electron chi connectivity index (χ4n) is 2.85. The van der Waals surface area contributed by atoms with Gasteiger partial charge in [0.15, 0.2) is 5.70 Å². The third-order valence-electron chi connectivity index (χ3n) is 4.18. The van der Waals surface area contributed by atoms with Crippen LogP contribution in [0.25, 0.3) is 27.5 Å². The molecule has 0 aliphatic carbocycles. The average molecular weight is 450 g/mol. The van der Waals surface area contributed by atoms with Crippen LogP contribution in [0.4, 0.5) is 4.39 Å². The molecule has 2 aromatic carbocycles. The van der Waals surface area contributed by atoms with Gasteiger partial charge in [0.25, 0.3) is 0 Å². The van der Waals surface area contributed by atoms with Crippen LogP contribution in [0.15, 0.2) is 81.4 Å². The van der Waals surface area contributed by atoms with Gasteiger partial charge >= 0.3 is 0 Å². The molecule has 28 heavy (non-hydrogen) atoms. The molecule has 4 rings (SSSR count). The van der Waals surface area contributed by atoms with E-state index in [4.69, 9.17) is 6.57 Å². The summed E-state index contributed by atoms with van der Waals surface area (Å²) in [5.74, 6) is -0.264. The second-order valence-electron chi connectivity index (χ2n) is 6.00. The van der Waals surface area contributed by atoms with Crippen molar-refractivity contribution in [3.05, 3.63) is 100.0 Å². The highest BCUT2D eigenvalue weighted by Gasteiger charge is 2.11. The van der Waals surface area contributed by atoms with Gasteiger partial charge in [-0.2, -0.15) is 0 Å². The first-order valence-corrected chi connectivity index (χ1v) is 9.98. The number of halogens is 2. The molecule has 0 atom stereocenters. The number of benzene rings is 2.